The van der Waals surface area contributed by atoms with Gasteiger partial charge >= 0.3 is 5.97 Å². The van der Waals surface area contributed by atoms with Gasteiger partial charge in [-0.15, -0.1) is 0 Å². The molecule has 3 aromatic rings. The maximum Gasteiger partial charge on any atom is 0.350 e. The molecule has 0 aliphatic carbocycles. The first kappa shape index (κ1) is 20.9. The molecule has 1 aromatic carbocycles. The third kappa shape index (κ3) is 4.69. The number of hydrogen-bond acceptors (Lipinski definition) is 9. The predicted octanol–water partition coefficient (Wildman–Crippen LogP) is 3.94. The average Bonchev–Trinajstić information content (AvgIpc) is 3.39. The van der Waals surface area contributed by atoms with E-state index in [4.69, 9.17) is 18.7 Å². The van der Waals surface area contributed by atoms with Crippen molar-refractivity contribution in [3.8, 4) is 22.8 Å². The Labute approximate surface area is 182 Å². The molecule has 0 unspecified atom stereocenters. The van der Waals surface area contributed by atoms with Gasteiger partial charge in [0.1, 0.15) is 18.1 Å². The summed E-state index contributed by atoms with van der Waals surface area (Å²) in [5.74, 6) is 0.966. The van der Waals surface area contributed by atoms with Gasteiger partial charge in [0.2, 0.25) is 0 Å². The zero-order valence-electron chi connectivity index (χ0n) is 17.3. The minimum Gasteiger partial charge on any atom is -0.486 e. The molecular weight excluding hydrogens is 422 g/mol. The first-order valence-corrected chi connectivity index (χ1v) is 10.5. The van der Waals surface area contributed by atoms with Crippen LogP contribution in [0.25, 0.3) is 11.3 Å². The molecule has 0 atom stereocenters. The molecule has 1 N–H and O–H groups in total. The second kappa shape index (κ2) is 8.76. The maximum atomic E-state index is 12.6. The molecule has 4 rings (SSSR count). The number of benzene rings is 1. The van der Waals surface area contributed by atoms with Crippen LogP contribution in [0.15, 0.2) is 28.8 Å². The van der Waals surface area contributed by atoms with Crippen LogP contribution in [0.5, 0.6) is 11.5 Å². The van der Waals surface area contributed by atoms with E-state index in [0.29, 0.717) is 53.2 Å². The Morgan fingerprint density at radius 3 is 2.74 bits per heavy atom. The molecule has 0 spiro atoms. The Morgan fingerprint density at radius 1 is 1.19 bits per heavy atom. The average molecular weight is 443 g/mol. The Hall–Kier alpha value is -3.40. The van der Waals surface area contributed by atoms with Crippen molar-refractivity contribution in [1.82, 2.24) is 10.1 Å². The van der Waals surface area contributed by atoms with E-state index in [-0.39, 0.29) is 16.7 Å². The molecule has 2 aromatic heterocycles. The smallest absolute Gasteiger partial charge is 0.350 e. The first-order chi connectivity index (χ1) is 14.9. The van der Waals surface area contributed by atoms with Crippen LogP contribution in [0.3, 0.4) is 0 Å². The van der Waals surface area contributed by atoms with Gasteiger partial charge in [-0.2, -0.15) is 0 Å². The summed E-state index contributed by atoms with van der Waals surface area (Å²) in [6.45, 7) is 6.89. The van der Waals surface area contributed by atoms with Crippen molar-refractivity contribution < 1.29 is 28.3 Å². The van der Waals surface area contributed by atoms with E-state index in [1.165, 1.54) is 6.07 Å². The predicted molar refractivity (Wildman–Crippen MR) is 113 cm³/mol. The number of carbonyl (C=O) groups excluding carboxylic acids is 2. The molecule has 1 aliphatic rings. The lowest BCUT2D eigenvalue weighted by Gasteiger charge is -2.18. The molecule has 0 saturated heterocycles. The van der Waals surface area contributed by atoms with Gasteiger partial charge in [0.25, 0.3) is 5.91 Å². The van der Waals surface area contributed by atoms with E-state index in [2.05, 4.69) is 15.5 Å². The zero-order valence-corrected chi connectivity index (χ0v) is 18.1. The van der Waals surface area contributed by atoms with Crippen LogP contribution in [-0.4, -0.2) is 41.8 Å². The minimum absolute atomic E-state index is 0.0849. The van der Waals surface area contributed by atoms with Gasteiger partial charge in [0.05, 0.1) is 12.3 Å². The minimum atomic E-state index is -0.497. The number of esters is 1. The number of amides is 1. The van der Waals surface area contributed by atoms with E-state index in [1.54, 1.807) is 25.1 Å². The molecule has 9 nitrogen and oxygen atoms in total. The highest BCUT2D eigenvalue weighted by Crippen LogP contribution is 2.34. The number of anilines is 1. The zero-order chi connectivity index (χ0) is 22.0. The second-order valence-corrected chi connectivity index (χ2v) is 8.31. The molecule has 0 radical (unpaired) electrons. The number of hydrogen-bond donors (Lipinski definition) is 1. The molecule has 0 saturated carbocycles. The quantitative estimate of drug-likeness (QED) is 0.570. The lowest BCUT2D eigenvalue weighted by Crippen LogP contribution is -2.15. The third-order valence-electron chi connectivity index (χ3n) is 4.32. The van der Waals surface area contributed by atoms with Gasteiger partial charge in [0.15, 0.2) is 28.1 Å². The van der Waals surface area contributed by atoms with Crippen molar-refractivity contribution in [2.75, 3.05) is 25.1 Å². The summed E-state index contributed by atoms with van der Waals surface area (Å²) in [6, 6.07) is 6.88. The number of carbonyl (C=O) groups is 2. The number of thiazole rings is 1. The number of ether oxygens (including phenoxy) is 3. The van der Waals surface area contributed by atoms with Crippen LogP contribution < -0.4 is 14.8 Å². The summed E-state index contributed by atoms with van der Waals surface area (Å²) in [7, 11) is 0. The van der Waals surface area contributed by atoms with E-state index in [9.17, 15) is 9.59 Å². The van der Waals surface area contributed by atoms with Crippen molar-refractivity contribution in [3.05, 3.63) is 40.5 Å². The van der Waals surface area contributed by atoms with Crippen LogP contribution in [-0.2, 0) is 4.74 Å². The van der Waals surface area contributed by atoms with E-state index in [1.807, 2.05) is 13.8 Å². The van der Waals surface area contributed by atoms with Crippen molar-refractivity contribution in [2.45, 2.75) is 20.8 Å². The molecule has 10 heteroatoms. The largest absolute Gasteiger partial charge is 0.486 e. The van der Waals surface area contributed by atoms with Crippen molar-refractivity contribution >= 4 is 28.3 Å². The summed E-state index contributed by atoms with van der Waals surface area (Å²) < 4.78 is 21.6. The molecule has 31 heavy (non-hydrogen) atoms. The summed E-state index contributed by atoms with van der Waals surface area (Å²) in [5, 5.41) is 6.77. The number of nitrogens with zero attached hydrogens (tertiary/aromatic N) is 2. The van der Waals surface area contributed by atoms with Crippen molar-refractivity contribution in [3.63, 3.8) is 0 Å². The molecular formula is C21H21N3O6S. The van der Waals surface area contributed by atoms with Crippen LogP contribution in [0.1, 0.15) is 39.7 Å². The topological polar surface area (TPSA) is 113 Å². The molecule has 0 fully saturated rings. The first-order valence-electron chi connectivity index (χ1n) is 9.73. The number of aromatic nitrogens is 2. The molecule has 1 amide bonds. The monoisotopic (exact) mass is 443 g/mol. The van der Waals surface area contributed by atoms with Crippen LogP contribution in [0.4, 0.5) is 5.13 Å². The Balaban J connectivity index is 1.45. The van der Waals surface area contributed by atoms with Gasteiger partial charge in [-0.05, 0) is 31.0 Å². The van der Waals surface area contributed by atoms with Crippen LogP contribution >= 0.6 is 11.3 Å². The highest BCUT2D eigenvalue weighted by Gasteiger charge is 2.21. The SMILES string of the molecule is Cc1nc(NC(=O)c2cc(-c3ccc4c(c3)OCCO4)on2)sc1C(=O)OCC(C)C. The fourth-order valence-corrected chi connectivity index (χ4v) is 3.68. The van der Waals surface area contributed by atoms with Gasteiger partial charge in [0, 0.05) is 11.6 Å². The lowest BCUT2D eigenvalue weighted by atomic mass is 10.1. The molecule has 0 bridgehead atoms. The number of aryl methyl sites for hydroxylation is 1. The van der Waals surface area contributed by atoms with Gasteiger partial charge < -0.3 is 18.7 Å². The fraction of sp³-hybridized carbons (Fsp3) is 0.333. The van der Waals surface area contributed by atoms with E-state index >= 15 is 0 Å². The summed E-state index contributed by atoms with van der Waals surface area (Å²) in [6.07, 6.45) is 0. The molecule has 162 valence electrons. The van der Waals surface area contributed by atoms with Crippen LogP contribution in [0, 0.1) is 12.8 Å². The molecule has 1 aliphatic heterocycles. The normalized spacial score (nSPS) is 12.6. The van der Waals surface area contributed by atoms with E-state index < -0.39 is 11.9 Å². The number of rotatable bonds is 6. The number of fused-ring (bicyclic) bond motifs is 1. The Morgan fingerprint density at radius 2 is 1.97 bits per heavy atom. The van der Waals surface area contributed by atoms with Crippen molar-refractivity contribution in [2.24, 2.45) is 5.92 Å². The third-order valence-corrected chi connectivity index (χ3v) is 5.37. The number of nitrogens with one attached hydrogen (secondary N) is 1. The fourth-order valence-electron chi connectivity index (χ4n) is 2.82. The second-order valence-electron chi connectivity index (χ2n) is 7.31. The lowest BCUT2D eigenvalue weighted by molar-refractivity contribution is 0.0463. The summed E-state index contributed by atoms with van der Waals surface area (Å²) in [5.41, 5.74) is 1.28. The van der Waals surface area contributed by atoms with Crippen molar-refractivity contribution in [1.29, 1.82) is 0 Å². The maximum absolute atomic E-state index is 12.6. The molecule has 3 heterocycles. The van der Waals surface area contributed by atoms with Gasteiger partial charge in [-0.3, -0.25) is 10.1 Å². The standard InChI is InChI=1S/C21H21N3O6S/c1-11(2)10-29-20(26)18-12(3)22-21(31-18)23-19(25)14-9-16(30-24-14)13-4-5-15-17(8-13)28-7-6-27-15/h4-5,8-9,11H,6-7,10H2,1-3H3,(H,22,23,25). The Kier molecular flexibility index (Phi) is 5.90. The Bertz CT molecular complexity index is 1120. The highest BCUT2D eigenvalue weighted by molar-refractivity contribution is 7.17. The summed E-state index contributed by atoms with van der Waals surface area (Å²) in [4.78, 5) is 29.3. The van der Waals surface area contributed by atoms with E-state index in [0.717, 1.165) is 11.3 Å². The van der Waals surface area contributed by atoms with Gasteiger partial charge in [-0.1, -0.05) is 30.3 Å². The summed E-state index contributed by atoms with van der Waals surface area (Å²) >= 11 is 1.05. The highest BCUT2D eigenvalue weighted by atomic mass is 32.1. The van der Waals surface area contributed by atoms with Crippen LogP contribution in [0.2, 0.25) is 0 Å². The van der Waals surface area contributed by atoms with Gasteiger partial charge in [-0.25, -0.2) is 9.78 Å².